The number of anilines is 5. The van der Waals surface area contributed by atoms with E-state index in [2.05, 4.69) is 31.2 Å². The molecule has 1 saturated heterocycles. The summed E-state index contributed by atoms with van der Waals surface area (Å²) in [5.41, 5.74) is 3.12. The summed E-state index contributed by atoms with van der Waals surface area (Å²) in [6.45, 7) is 4.94. The van der Waals surface area contributed by atoms with Crippen molar-refractivity contribution in [2.45, 2.75) is 83.0 Å². The van der Waals surface area contributed by atoms with Gasteiger partial charge in [0.05, 0.1) is 90.7 Å². The van der Waals surface area contributed by atoms with Gasteiger partial charge in [-0.05, 0) is 56.0 Å². The van der Waals surface area contributed by atoms with Gasteiger partial charge in [-0.25, -0.2) is 4.98 Å². The normalized spacial score (nSPS) is 18.1. The molecule has 1 saturated carbocycles. The van der Waals surface area contributed by atoms with E-state index in [-0.39, 0.29) is 87.9 Å². The van der Waals surface area contributed by atoms with Crippen LogP contribution in [-0.2, 0) is 39.9 Å². The number of fused-ring (bicyclic) bond motifs is 2. The highest BCUT2D eigenvalue weighted by atomic mass is 16.6. The summed E-state index contributed by atoms with van der Waals surface area (Å²) >= 11 is 0. The maximum atomic E-state index is 13.0. The van der Waals surface area contributed by atoms with Crippen molar-refractivity contribution in [1.29, 1.82) is 10.8 Å². The molecule has 0 radical (unpaired) electrons. The van der Waals surface area contributed by atoms with Gasteiger partial charge < -0.3 is 49.4 Å². The molecule has 1 aliphatic carbocycles. The van der Waals surface area contributed by atoms with Crippen LogP contribution in [0.2, 0.25) is 0 Å². The fourth-order valence-corrected chi connectivity index (χ4v) is 8.73. The summed E-state index contributed by atoms with van der Waals surface area (Å²) in [5.74, 6) is 0.0655. The van der Waals surface area contributed by atoms with Crippen molar-refractivity contribution >= 4 is 70.5 Å². The number of nitrogens with zero attached hydrogens (tertiary/aromatic N) is 5. The van der Waals surface area contributed by atoms with Crippen LogP contribution in [0.1, 0.15) is 84.6 Å². The van der Waals surface area contributed by atoms with Gasteiger partial charge in [0.15, 0.2) is 5.82 Å². The number of ether oxygens (including phenoxy) is 5. The van der Waals surface area contributed by atoms with Gasteiger partial charge in [-0.2, -0.15) is 4.98 Å². The monoisotopic (exact) mass is 925 g/mol. The van der Waals surface area contributed by atoms with Gasteiger partial charge >= 0.3 is 0 Å². The second-order valence-corrected chi connectivity index (χ2v) is 16.3. The van der Waals surface area contributed by atoms with E-state index in [0.29, 0.717) is 96.6 Å². The highest BCUT2D eigenvalue weighted by Gasteiger charge is 2.41. The molecule has 2 fully saturated rings. The van der Waals surface area contributed by atoms with E-state index in [4.69, 9.17) is 39.5 Å². The average Bonchev–Trinajstić information content (AvgIpc) is 3.98. The third-order valence-electron chi connectivity index (χ3n) is 12.1. The van der Waals surface area contributed by atoms with Gasteiger partial charge in [-0.15, -0.1) is 0 Å². The number of amidine groups is 1. The number of hydrogen-bond acceptors (Lipinski definition) is 16. The minimum absolute atomic E-state index is 0.0930. The molecular weight excluding hydrogens is 867 g/mol. The molecule has 2 aromatic carbocycles. The standard InChI is InChI=1S/C46H59N11O10/c1-3-35-41(48)56(28-47)37-26-50-46(54-42(37)57(35)30-7-4-5-8-30)52-34-12-11-29(25-38(34)63-2)43(60)49-16-18-65-20-22-67-24-23-66-21-19-64-17-15-40(59)51-33-10-6-9-31-32(33)27-55(45(31)62)36-13-14-39(58)53-44(36)61/h6,9-12,25-26,28,30,35-36,47-48H,3-5,7-8,13-24,27H2,1-2H3,(H,49,60)(H,51,59)(H,50,52,54)(H,53,58,61). The molecule has 5 amide bonds. The van der Waals surface area contributed by atoms with E-state index in [9.17, 15) is 24.0 Å². The second kappa shape index (κ2) is 23.3. The molecule has 0 spiro atoms. The van der Waals surface area contributed by atoms with Crippen LogP contribution in [0.3, 0.4) is 0 Å². The van der Waals surface area contributed by atoms with E-state index >= 15 is 0 Å². The smallest absolute Gasteiger partial charge is 0.255 e. The first-order valence-electron chi connectivity index (χ1n) is 22.8. The summed E-state index contributed by atoms with van der Waals surface area (Å²) in [7, 11) is 1.52. The first-order valence-corrected chi connectivity index (χ1v) is 22.8. The fourth-order valence-electron chi connectivity index (χ4n) is 8.73. The van der Waals surface area contributed by atoms with E-state index in [1.165, 1.54) is 16.9 Å². The lowest BCUT2D eigenvalue weighted by Gasteiger charge is -2.44. The topological polar surface area (TPSA) is 263 Å². The number of carbonyl (C=O) groups is 5. The molecule has 67 heavy (non-hydrogen) atoms. The van der Waals surface area contributed by atoms with Gasteiger partial charge in [0.2, 0.25) is 23.7 Å². The predicted molar refractivity (Wildman–Crippen MR) is 247 cm³/mol. The van der Waals surface area contributed by atoms with Crippen molar-refractivity contribution in [3.8, 4) is 5.75 Å². The molecular formula is C46H59N11O10. The predicted octanol–water partition coefficient (Wildman–Crippen LogP) is 3.75. The van der Waals surface area contributed by atoms with E-state index in [0.717, 1.165) is 32.0 Å². The lowest BCUT2D eigenvalue weighted by molar-refractivity contribution is -0.137. The van der Waals surface area contributed by atoms with Crippen LogP contribution in [-0.4, -0.2) is 141 Å². The van der Waals surface area contributed by atoms with Crippen LogP contribution in [0, 0.1) is 10.8 Å². The van der Waals surface area contributed by atoms with Gasteiger partial charge in [-0.1, -0.05) is 25.8 Å². The Morgan fingerprint density at radius 1 is 0.925 bits per heavy atom. The van der Waals surface area contributed by atoms with Crippen LogP contribution in [0.15, 0.2) is 42.6 Å². The van der Waals surface area contributed by atoms with Gasteiger partial charge in [-0.3, -0.25) is 45.0 Å². The van der Waals surface area contributed by atoms with Crippen LogP contribution < -0.4 is 35.8 Å². The summed E-state index contributed by atoms with van der Waals surface area (Å²) in [6, 6.07) is 9.42. The third kappa shape index (κ3) is 11.7. The average molecular weight is 926 g/mol. The Balaban J connectivity index is 0.732. The highest BCUT2D eigenvalue weighted by molar-refractivity contribution is 6.16. The largest absolute Gasteiger partial charge is 0.495 e. The minimum Gasteiger partial charge on any atom is -0.495 e. The second-order valence-electron chi connectivity index (χ2n) is 16.3. The maximum absolute atomic E-state index is 13.0. The number of carbonyl (C=O) groups excluding carboxylic acids is 5. The SMILES string of the molecule is CCC1C(=N)N(C=N)c2cnc(Nc3ccc(C(=O)NCCOCCOCCOCCOCCC(=O)Nc4cccc5c4CN(C4CCC(=O)NC4=O)C5=O)cc3OC)nc2N1C1CCCC1. The van der Waals surface area contributed by atoms with Crippen LogP contribution in [0.25, 0.3) is 0 Å². The molecule has 2 unspecified atom stereocenters. The Morgan fingerprint density at radius 2 is 1.64 bits per heavy atom. The molecule has 21 nitrogen and oxygen atoms in total. The summed E-state index contributed by atoms with van der Waals surface area (Å²) in [4.78, 5) is 77.2. The zero-order valence-electron chi connectivity index (χ0n) is 37.9. The van der Waals surface area contributed by atoms with Gasteiger partial charge in [0.25, 0.3) is 11.8 Å². The number of aromatic nitrogens is 2. The van der Waals surface area contributed by atoms with Crippen LogP contribution in [0.4, 0.5) is 28.8 Å². The molecule has 2 atom stereocenters. The van der Waals surface area contributed by atoms with Crippen LogP contribution >= 0.6 is 0 Å². The van der Waals surface area contributed by atoms with E-state index in [1.54, 1.807) is 42.6 Å². The number of rotatable bonds is 24. The van der Waals surface area contributed by atoms with Crippen molar-refractivity contribution in [3.05, 3.63) is 59.3 Å². The summed E-state index contributed by atoms with van der Waals surface area (Å²) in [5, 5.41) is 28.1. The Kier molecular flexibility index (Phi) is 16.8. The number of benzene rings is 2. The quantitative estimate of drug-likeness (QED) is 0.0324. The first kappa shape index (κ1) is 48.4. The molecule has 358 valence electrons. The first-order chi connectivity index (χ1) is 32.6. The number of hydrogen-bond donors (Lipinski definition) is 6. The molecule has 6 N–H and O–H groups in total. The molecule has 7 rings (SSSR count). The summed E-state index contributed by atoms with van der Waals surface area (Å²) < 4.78 is 27.9. The molecule has 1 aromatic heterocycles. The van der Waals surface area contributed by atoms with E-state index < -0.39 is 11.9 Å². The molecule has 0 bridgehead atoms. The van der Waals surface area contributed by atoms with Crippen molar-refractivity contribution in [1.82, 2.24) is 25.5 Å². The van der Waals surface area contributed by atoms with Crippen LogP contribution in [0.5, 0.6) is 5.75 Å². The Morgan fingerprint density at radius 3 is 2.33 bits per heavy atom. The van der Waals surface area contributed by atoms with Crippen molar-refractivity contribution in [3.63, 3.8) is 0 Å². The minimum atomic E-state index is -0.737. The molecule has 4 aliphatic rings. The zero-order valence-corrected chi connectivity index (χ0v) is 37.9. The summed E-state index contributed by atoms with van der Waals surface area (Å²) in [6.07, 6.45) is 8.30. The zero-order chi connectivity index (χ0) is 47.3. The van der Waals surface area contributed by atoms with Gasteiger partial charge in [0, 0.05) is 47.9 Å². The van der Waals surface area contributed by atoms with Crippen molar-refractivity contribution in [2.24, 2.45) is 0 Å². The molecule has 4 heterocycles. The number of methoxy groups -OCH3 is 1. The molecule has 21 heteroatoms. The van der Waals surface area contributed by atoms with Gasteiger partial charge in [0.1, 0.15) is 23.3 Å². The maximum Gasteiger partial charge on any atom is 0.255 e. The number of imide groups is 1. The van der Waals surface area contributed by atoms with Crippen molar-refractivity contribution < 1.29 is 47.7 Å². The Labute approximate surface area is 388 Å². The Bertz CT molecular complexity index is 2310. The Hall–Kier alpha value is -6.55. The lowest BCUT2D eigenvalue weighted by Crippen LogP contribution is -2.56. The number of piperidine rings is 1. The van der Waals surface area contributed by atoms with E-state index in [1.807, 2.05) is 6.92 Å². The number of nitrogens with one attached hydrogen (secondary N) is 6. The van der Waals surface area contributed by atoms with Crippen molar-refractivity contribution in [2.75, 3.05) is 86.9 Å². The lowest BCUT2D eigenvalue weighted by atomic mass is 10.0. The fraction of sp³-hybridized carbons (Fsp3) is 0.500. The third-order valence-corrected chi connectivity index (χ3v) is 12.1. The molecule has 3 aromatic rings. The number of amides is 5. The molecule has 3 aliphatic heterocycles. The highest BCUT2D eigenvalue weighted by Crippen LogP contribution is 2.41.